The number of anilines is 1. The lowest BCUT2D eigenvalue weighted by Crippen LogP contribution is -2.46. The molecule has 4 rings (SSSR count). The molecule has 1 saturated heterocycles. The molecule has 0 unspecified atom stereocenters. The lowest BCUT2D eigenvalue weighted by molar-refractivity contribution is -0.115. The Morgan fingerprint density at radius 1 is 1.21 bits per heavy atom. The van der Waals surface area contributed by atoms with Gasteiger partial charge < -0.3 is 24.3 Å². The van der Waals surface area contributed by atoms with Crippen molar-refractivity contribution in [2.75, 3.05) is 45.2 Å². The molecule has 0 aliphatic carbocycles. The van der Waals surface area contributed by atoms with Crippen LogP contribution < -0.4 is 5.32 Å². The molecule has 1 aliphatic rings. The molecule has 2 aromatic heterocycles. The highest BCUT2D eigenvalue weighted by Gasteiger charge is 2.30. The summed E-state index contributed by atoms with van der Waals surface area (Å²) in [4.78, 5) is 31.4. The van der Waals surface area contributed by atoms with Gasteiger partial charge in [-0.1, -0.05) is 18.2 Å². The van der Waals surface area contributed by atoms with Gasteiger partial charge in [-0.15, -0.1) is 11.3 Å². The van der Waals surface area contributed by atoms with Crippen LogP contribution in [-0.2, 0) is 16.0 Å². The van der Waals surface area contributed by atoms with E-state index in [0.717, 1.165) is 49.3 Å². The van der Waals surface area contributed by atoms with Crippen molar-refractivity contribution in [1.82, 2.24) is 9.80 Å². The molecule has 0 radical (unpaired) electrons. The van der Waals surface area contributed by atoms with Gasteiger partial charge in [-0.2, -0.15) is 0 Å². The second-order valence-corrected chi connectivity index (χ2v) is 9.69. The minimum absolute atomic E-state index is 0.157. The summed E-state index contributed by atoms with van der Waals surface area (Å²) in [6.07, 6.45) is 3.11. The maximum absolute atomic E-state index is 13.5. The van der Waals surface area contributed by atoms with Gasteiger partial charge >= 0.3 is 0 Å². The van der Waals surface area contributed by atoms with Gasteiger partial charge in [-0.3, -0.25) is 9.59 Å². The fraction of sp³-hybridized carbons (Fsp3) is 0.462. The second kappa shape index (κ2) is 11.6. The van der Waals surface area contributed by atoms with Gasteiger partial charge in [0.25, 0.3) is 5.91 Å². The van der Waals surface area contributed by atoms with Crippen molar-refractivity contribution in [3.05, 3.63) is 52.4 Å². The van der Waals surface area contributed by atoms with Crippen molar-refractivity contribution in [3.8, 4) is 0 Å². The summed E-state index contributed by atoms with van der Waals surface area (Å²) in [5, 5.41) is 5.65. The highest BCUT2D eigenvalue weighted by atomic mass is 32.1. The molecule has 0 atom stereocenters. The van der Waals surface area contributed by atoms with Gasteiger partial charge in [0.1, 0.15) is 11.3 Å². The van der Waals surface area contributed by atoms with E-state index in [0.29, 0.717) is 30.4 Å². The smallest absolute Gasteiger partial charge is 0.291 e. The van der Waals surface area contributed by atoms with Crippen LogP contribution in [0.1, 0.15) is 41.6 Å². The van der Waals surface area contributed by atoms with Gasteiger partial charge in [-0.25, -0.2) is 0 Å². The third-order valence-corrected chi connectivity index (χ3v) is 7.22. The van der Waals surface area contributed by atoms with E-state index in [4.69, 9.17) is 9.15 Å². The molecule has 7 nitrogen and oxygen atoms in total. The molecular formula is C26H33N3O4S. The normalized spacial score (nSPS) is 14.7. The molecule has 8 heteroatoms. The number of hydrogen-bond acceptors (Lipinski definition) is 6. The van der Waals surface area contributed by atoms with Crippen LogP contribution in [0.25, 0.3) is 11.0 Å². The monoisotopic (exact) mass is 483 g/mol. The number of fused-ring (bicyclic) bond motifs is 1. The predicted molar refractivity (Wildman–Crippen MR) is 136 cm³/mol. The fourth-order valence-corrected chi connectivity index (χ4v) is 5.17. The highest BCUT2D eigenvalue weighted by molar-refractivity contribution is 7.10. The number of para-hydroxylation sites is 1. The number of carbonyl (C=O) groups excluding carboxylic acids is 2. The minimum atomic E-state index is -0.167. The first-order valence-corrected chi connectivity index (χ1v) is 12.9. The molecular weight excluding hydrogens is 450 g/mol. The lowest BCUT2D eigenvalue weighted by Gasteiger charge is -2.36. The first-order valence-electron chi connectivity index (χ1n) is 12.0. The van der Waals surface area contributed by atoms with Crippen molar-refractivity contribution in [2.24, 2.45) is 0 Å². The molecule has 0 bridgehead atoms. The first kappa shape index (κ1) is 24.4. The summed E-state index contributed by atoms with van der Waals surface area (Å²) in [7, 11) is 2.15. The fourth-order valence-electron chi connectivity index (χ4n) is 4.47. The topological polar surface area (TPSA) is 75.0 Å². The van der Waals surface area contributed by atoms with Crippen LogP contribution >= 0.6 is 11.3 Å². The van der Waals surface area contributed by atoms with E-state index in [1.54, 1.807) is 0 Å². The Kier molecular flexibility index (Phi) is 8.37. The van der Waals surface area contributed by atoms with E-state index < -0.39 is 0 Å². The van der Waals surface area contributed by atoms with Crippen molar-refractivity contribution in [2.45, 2.75) is 38.6 Å². The standard InChI is InChI=1S/C26H33N3O4S/c1-3-32-16-7-13-28(2)19-11-14-29(15-12-19)26(31)25-24(21-9-4-5-10-22(21)33-25)27-23(30)18-20-8-6-17-34-20/h4-6,8-10,17,19H,3,7,11-16,18H2,1-2H3,(H,27,30). The van der Waals surface area contributed by atoms with Gasteiger partial charge in [-0.05, 0) is 56.8 Å². The number of thiophene rings is 1. The quantitative estimate of drug-likeness (QED) is 0.425. The molecule has 1 N–H and O–H groups in total. The van der Waals surface area contributed by atoms with Crippen molar-refractivity contribution in [1.29, 1.82) is 0 Å². The van der Waals surface area contributed by atoms with E-state index in [-0.39, 0.29) is 24.0 Å². The summed E-state index contributed by atoms with van der Waals surface area (Å²) in [5.41, 5.74) is 1.07. The maximum Gasteiger partial charge on any atom is 0.291 e. The Labute approximate surface area is 204 Å². The highest BCUT2D eigenvalue weighted by Crippen LogP contribution is 2.33. The third kappa shape index (κ3) is 5.87. The van der Waals surface area contributed by atoms with E-state index in [1.807, 2.05) is 53.6 Å². The average molecular weight is 484 g/mol. The Morgan fingerprint density at radius 2 is 2.00 bits per heavy atom. The molecule has 34 heavy (non-hydrogen) atoms. The number of furan rings is 1. The van der Waals surface area contributed by atoms with E-state index >= 15 is 0 Å². The van der Waals surface area contributed by atoms with Crippen LogP contribution in [0.3, 0.4) is 0 Å². The molecule has 3 heterocycles. The van der Waals surface area contributed by atoms with Crippen LogP contribution in [-0.4, -0.2) is 67.6 Å². The number of likely N-dealkylation sites (tertiary alicyclic amines) is 1. The Balaban J connectivity index is 1.42. The number of carbonyl (C=O) groups is 2. The lowest BCUT2D eigenvalue weighted by atomic mass is 10.0. The molecule has 3 aromatic rings. The van der Waals surface area contributed by atoms with E-state index in [1.165, 1.54) is 11.3 Å². The van der Waals surface area contributed by atoms with Crippen molar-refractivity contribution >= 4 is 39.8 Å². The molecule has 0 spiro atoms. The van der Waals surface area contributed by atoms with Gasteiger partial charge in [0.05, 0.1) is 6.42 Å². The summed E-state index contributed by atoms with van der Waals surface area (Å²) in [6.45, 7) is 5.87. The van der Waals surface area contributed by atoms with E-state index in [2.05, 4.69) is 17.3 Å². The minimum Gasteiger partial charge on any atom is -0.449 e. The van der Waals surface area contributed by atoms with Crippen LogP contribution in [0.5, 0.6) is 0 Å². The summed E-state index contributed by atoms with van der Waals surface area (Å²) < 4.78 is 11.4. The Bertz CT molecular complexity index is 1090. The summed E-state index contributed by atoms with van der Waals surface area (Å²) >= 11 is 1.54. The van der Waals surface area contributed by atoms with Gasteiger partial charge in [0, 0.05) is 49.2 Å². The summed E-state index contributed by atoms with van der Waals surface area (Å²) in [5.74, 6) is -0.111. The molecule has 1 fully saturated rings. The van der Waals surface area contributed by atoms with Crippen LogP contribution in [0, 0.1) is 0 Å². The third-order valence-electron chi connectivity index (χ3n) is 6.35. The molecule has 2 amide bonds. The average Bonchev–Trinajstić information content (AvgIpc) is 3.49. The first-order chi connectivity index (χ1) is 16.6. The Morgan fingerprint density at radius 3 is 2.74 bits per heavy atom. The zero-order valence-electron chi connectivity index (χ0n) is 19.9. The molecule has 1 aromatic carbocycles. The van der Waals surface area contributed by atoms with Crippen LogP contribution in [0.4, 0.5) is 5.69 Å². The SMILES string of the molecule is CCOCCCN(C)C1CCN(C(=O)c2oc3ccccc3c2NC(=O)Cc2cccs2)CC1. The van der Waals surface area contributed by atoms with Gasteiger partial charge in [0.15, 0.2) is 0 Å². The number of nitrogens with zero attached hydrogens (tertiary/aromatic N) is 2. The number of rotatable bonds is 10. The number of hydrogen-bond donors (Lipinski definition) is 1. The molecule has 0 saturated carbocycles. The second-order valence-electron chi connectivity index (χ2n) is 8.66. The zero-order valence-corrected chi connectivity index (χ0v) is 20.7. The number of ether oxygens (including phenoxy) is 1. The molecule has 182 valence electrons. The summed E-state index contributed by atoms with van der Waals surface area (Å²) in [6, 6.07) is 11.8. The number of piperidine rings is 1. The number of benzene rings is 1. The van der Waals surface area contributed by atoms with Gasteiger partial charge in [0.2, 0.25) is 11.7 Å². The Hall–Kier alpha value is -2.68. The maximum atomic E-state index is 13.5. The number of nitrogens with one attached hydrogen (secondary N) is 1. The van der Waals surface area contributed by atoms with Crippen LogP contribution in [0.15, 0.2) is 46.2 Å². The van der Waals surface area contributed by atoms with Crippen molar-refractivity contribution in [3.63, 3.8) is 0 Å². The molecule has 1 aliphatic heterocycles. The largest absolute Gasteiger partial charge is 0.449 e. The number of amides is 2. The predicted octanol–water partition coefficient (Wildman–Crippen LogP) is 4.64. The van der Waals surface area contributed by atoms with Crippen molar-refractivity contribution < 1.29 is 18.7 Å². The van der Waals surface area contributed by atoms with E-state index in [9.17, 15) is 9.59 Å². The zero-order chi connectivity index (χ0) is 23.9. The van der Waals surface area contributed by atoms with Crippen LogP contribution in [0.2, 0.25) is 0 Å².